The van der Waals surface area contributed by atoms with Crippen LogP contribution in [0.25, 0.3) is 0 Å². The Morgan fingerprint density at radius 1 is 1.26 bits per heavy atom. The third kappa shape index (κ3) is 3.21. The molecular weight excluding hydrogens is 298 g/mol. The van der Waals surface area contributed by atoms with Crippen LogP contribution in [0.15, 0.2) is 0 Å². The van der Waals surface area contributed by atoms with E-state index in [1.165, 1.54) is 6.42 Å². The fraction of sp³-hybridized carbons (Fsp3) is 0.824. The summed E-state index contributed by atoms with van der Waals surface area (Å²) in [7, 11) is 0. The molecule has 3 atom stereocenters. The van der Waals surface area contributed by atoms with Crippen molar-refractivity contribution in [3.05, 3.63) is 0 Å². The highest BCUT2D eigenvalue weighted by Gasteiger charge is 2.62. The van der Waals surface area contributed by atoms with Gasteiger partial charge < -0.3 is 14.8 Å². The predicted molar refractivity (Wildman–Crippen MR) is 83.4 cm³/mol. The van der Waals surface area contributed by atoms with Crippen LogP contribution in [0, 0.1) is 11.3 Å². The minimum atomic E-state index is -1.37. The van der Waals surface area contributed by atoms with Crippen molar-refractivity contribution in [3.8, 4) is 0 Å². The van der Waals surface area contributed by atoms with Crippen molar-refractivity contribution in [2.24, 2.45) is 11.3 Å². The maximum Gasteiger partial charge on any atom is 0.324 e. The number of ether oxygens (including phenoxy) is 2. The van der Waals surface area contributed by atoms with Crippen LogP contribution in [0.4, 0.5) is 0 Å². The molecule has 1 aliphatic carbocycles. The van der Waals surface area contributed by atoms with Crippen LogP contribution < -0.4 is 5.32 Å². The van der Waals surface area contributed by atoms with Gasteiger partial charge in [-0.25, -0.2) is 0 Å². The molecular formula is C17H27NO5. The van der Waals surface area contributed by atoms with Gasteiger partial charge in [0.05, 0.1) is 6.61 Å². The molecule has 1 N–H and O–H groups in total. The van der Waals surface area contributed by atoms with E-state index in [1.54, 1.807) is 20.8 Å². The molecule has 130 valence electrons. The van der Waals surface area contributed by atoms with Gasteiger partial charge in [-0.2, -0.15) is 0 Å². The molecule has 0 aromatic carbocycles. The first-order valence-corrected chi connectivity index (χ1v) is 8.66. The Morgan fingerprint density at radius 3 is 2.48 bits per heavy atom. The lowest BCUT2D eigenvalue weighted by atomic mass is 9.73. The highest BCUT2D eigenvalue weighted by atomic mass is 16.6. The fourth-order valence-electron chi connectivity index (χ4n) is 3.72. The second-order valence-electron chi connectivity index (χ2n) is 6.50. The fourth-order valence-corrected chi connectivity index (χ4v) is 3.72. The van der Waals surface area contributed by atoms with E-state index in [-0.39, 0.29) is 25.0 Å². The van der Waals surface area contributed by atoms with E-state index in [4.69, 9.17) is 9.47 Å². The zero-order valence-corrected chi connectivity index (χ0v) is 14.2. The molecule has 6 heteroatoms. The second kappa shape index (κ2) is 7.32. The molecule has 0 bridgehead atoms. The van der Waals surface area contributed by atoms with E-state index in [9.17, 15) is 14.4 Å². The Kier molecular flexibility index (Phi) is 5.65. The first-order valence-electron chi connectivity index (χ1n) is 8.66. The summed E-state index contributed by atoms with van der Waals surface area (Å²) in [4.78, 5) is 37.2. The van der Waals surface area contributed by atoms with Gasteiger partial charge in [-0.1, -0.05) is 33.1 Å². The maximum absolute atomic E-state index is 12.5. The first-order chi connectivity index (χ1) is 11.0. The molecule has 0 aromatic heterocycles. The number of esters is 2. The number of hydrogen-bond acceptors (Lipinski definition) is 5. The number of cyclic esters (lactones) is 1. The summed E-state index contributed by atoms with van der Waals surface area (Å²) < 4.78 is 10.4. The van der Waals surface area contributed by atoms with E-state index in [0.717, 1.165) is 25.7 Å². The third-order valence-corrected chi connectivity index (χ3v) is 5.24. The lowest BCUT2D eigenvalue weighted by Gasteiger charge is -2.27. The van der Waals surface area contributed by atoms with Crippen molar-refractivity contribution in [3.63, 3.8) is 0 Å². The first kappa shape index (κ1) is 17.8. The standard InChI is InChI=1S/C17H27NO5/c1-4-17(15(20)22-5-2)11(3)13(23-16(17)21)14(19)18-12-9-7-6-8-10-12/h11-13H,4-10H2,1-3H3,(H,18,19)/t11-,13+,17+/m0/s1. The van der Waals surface area contributed by atoms with Crippen LogP contribution in [-0.2, 0) is 23.9 Å². The van der Waals surface area contributed by atoms with Gasteiger partial charge in [0, 0.05) is 12.0 Å². The summed E-state index contributed by atoms with van der Waals surface area (Å²) >= 11 is 0. The smallest absolute Gasteiger partial charge is 0.324 e. The molecule has 2 aliphatic rings. The topological polar surface area (TPSA) is 81.7 Å². The molecule has 23 heavy (non-hydrogen) atoms. The van der Waals surface area contributed by atoms with Gasteiger partial charge in [0.2, 0.25) is 0 Å². The number of nitrogens with one attached hydrogen (secondary N) is 1. The van der Waals surface area contributed by atoms with Crippen molar-refractivity contribution in [2.75, 3.05) is 6.61 Å². The summed E-state index contributed by atoms with van der Waals surface area (Å²) in [5, 5.41) is 2.98. The Labute approximate surface area is 137 Å². The molecule has 0 aromatic rings. The highest BCUT2D eigenvalue weighted by molar-refractivity contribution is 6.04. The molecule has 2 rings (SSSR count). The highest BCUT2D eigenvalue weighted by Crippen LogP contribution is 2.43. The zero-order chi connectivity index (χ0) is 17.0. The molecule has 1 aliphatic heterocycles. The number of rotatable bonds is 5. The Bertz CT molecular complexity index is 472. The molecule has 0 radical (unpaired) electrons. The van der Waals surface area contributed by atoms with Crippen molar-refractivity contribution < 1.29 is 23.9 Å². The van der Waals surface area contributed by atoms with E-state index >= 15 is 0 Å². The van der Waals surface area contributed by atoms with Gasteiger partial charge in [0.25, 0.3) is 5.91 Å². The largest absolute Gasteiger partial charge is 0.465 e. The van der Waals surface area contributed by atoms with Gasteiger partial charge in [-0.3, -0.25) is 14.4 Å². The van der Waals surface area contributed by atoms with E-state index in [2.05, 4.69) is 5.32 Å². The quantitative estimate of drug-likeness (QED) is 0.617. The van der Waals surface area contributed by atoms with Gasteiger partial charge in [0.15, 0.2) is 11.5 Å². The molecule has 1 saturated heterocycles. The summed E-state index contributed by atoms with van der Waals surface area (Å²) in [6, 6.07) is 0.140. The molecule has 2 fully saturated rings. The minimum absolute atomic E-state index is 0.140. The van der Waals surface area contributed by atoms with Crippen LogP contribution in [0.5, 0.6) is 0 Å². The van der Waals surface area contributed by atoms with E-state index in [1.807, 2.05) is 0 Å². The van der Waals surface area contributed by atoms with Crippen LogP contribution in [-0.4, -0.2) is 36.6 Å². The van der Waals surface area contributed by atoms with Gasteiger partial charge >= 0.3 is 11.9 Å². The van der Waals surface area contributed by atoms with E-state index < -0.39 is 29.4 Å². The van der Waals surface area contributed by atoms with Crippen molar-refractivity contribution in [1.29, 1.82) is 0 Å². The van der Waals surface area contributed by atoms with Crippen LogP contribution in [0.3, 0.4) is 0 Å². The average molecular weight is 325 g/mol. The van der Waals surface area contributed by atoms with Gasteiger partial charge in [-0.15, -0.1) is 0 Å². The van der Waals surface area contributed by atoms with Gasteiger partial charge in [0.1, 0.15) is 0 Å². The van der Waals surface area contributed by atoms with Crippen LogP contribution in [0.2, 0.25) is 0 Å². The summed E-state index contributed by atoms with van der Waals surface area (Å²) in [5.74, 6) is -2.07. The number of amides is 1. The summed E-state index contributed by atoms with van der Waals surface area (Å²) in [5.41, 5.74) is -1.37. The number of carbonyl (C=O) groups is 3. The summed E-state index contributed by atoms with van der Waals surface area (Å²) in [6.45, 7) is 5.35. The van der Waals surface area contributed by atoms with Crippen molar-refractivity contribution in [2.45, 2.75) is 71.4 Å². The Hall–Kier alpha value is -1.59. The molecule has 1 heterocycles. The molecule has 0 unspecified atom stereocenters. The summed E-state index contributed by atoms with van der Waals surface area (Å²) in [6.07, 6.45) is 4.66. The van der Waals surface area contributed by atoms with E-state index in [0.29, 0.717) is 0 Å². The molecule has 6 nitrogen and oxygen atoms in total. The average Bonchev–Trinajstić information content (AvgIpc) is 2.80. The Morgan fingerprint density at radius 2 is 1.91 bits per heavy atom. The normalized spacial score (nSPS) is 31.5. The van der Waals surface area contributed by atoms with Gasteiger partial charge in [-0.05, 0) is 26.2 Å². The van der Waals surface area contributed by atoms with Crippen LogP contribution >= 0.6 is 0 Å². The van der Waals surface area contributed by atoms with Crippen molar-refractivity contribution in [1.82, 2.24) is 5.32 Å². The number of carbonyl (C=O) groups excluding carboxylic acids is 3. The number of hydrogen-bond donors (Lipinski definition) is 1. The SMILES string of the molecule is CCOC(=O)[C@]1(CC)C(=O)O[C@@H](C(=O)NC2CCCCC2)[C@@H]1C. The predicted octanol–water partition coefficient (Wildman–Crippen LogP) is 1.96. The zero-order valence-electron chi connectivity index (χ0n) is 14.2. The Balaban J connectivity index is 2.11. The second-order valence-corrected chi connectivity index (χ2v) is 6.50. The molecule has 1 saturated carbocycles. The minimum Gasteiger partial charge on any atom is -0.465 e. The van der Waals surface area contributed by atoms with Crippen molar-refractivity contribution >= 4 is 17.8 Å². The maximum atomic E-state index is 12.5. The molecule has 0 spiro atoms. The molecule has 1 amide bonds. The third-order valence-electron chi connectivity index (χ3n) is 5.24. The lowest BCUT2D eigenvalue weighted by molar-refractivity contribution is -0.166. The van der Waals surface area contributed by atoms with Crippen LogP contribution in [0.1, 0.15) is 59.3 Å². The lowest BCUT2D eigenvalue weighted by Crippen LogP contribution is -2.47. The monoisotopic (exact) mass is 325 g/mol.